The van der Waals surface area contributed by atoms with Gasteiger partial charge in [-0.25, -0.2) is 0 Å². The molecule has 0 bridgehead atoms. The van der Waals surface area contributed by atoms with Gasteiger partial charge >= 0.3 is 0 Å². The van der Waals surface area contributed by atoms with Gasteiger partial charge in [0, 0.05) is 12.6 Å². The zero-order valence-corrected chi connectivity index (χ0v) is 12.1. The van der Waals surface area contributed by atoms with E-state index < -0.39 is 0 Å². The lowest BCUT2D eigenvalue weighted by Crippen LogP contribution is -2.38. The Balaban J connectivity index is 3.62. The third-order valence-electron chi connectivity index (χ3n) is 3.82. The van der Waals surface area contributed by atoms with Crippen molar-refractivity contribution in [3.05, 3.63) is 0 Å². The van der Waals surface area contributed by atoms with Gasteiger partial charge in [-0.1, -0.05) is 41.5 Å². The van der Waals surface area contributed by atoms with Crippen molar-refractivity contribution in [2.45, 2.75) is 54.0 Å². The van der Waals surface area contributed by atoms with Crippen molar-refractivity contribution >= 4 is 0 Å². The van der Waals surface area contributed by atoms with Crippen LogP contribution in [-0.4, -0.2) is 19.1 Å². The van der Waals surface area contributed by atoms with Crippen molar-refractivity contribution in [3.8, 4) is 0 Å². The third-order valence-corrected chi connectivity index (χ3v) is 3.82. The van der Waals surface area contributed by atoms with E-state index in [1.165, 1.54) is 0 Å². The van der Waals surface area contributed by atoms with E-state index in [-0.39, 0.29) is 0 Å². The molecule has 0 aromatic rings. The maximum absolute atomic E-state index is 6.11. The molecule has 0 amide bonds. The Morgan fingerprint density at radius 3 is 1.75 bits per heavy atom. The van der Waals surface area contributed by atoms with Crippen molar-refractivity contribution in [1.82, 2.24) is 5.32 Å². The number of nitrogens with one attached hydrogen (secondary N) is 1. The van der Waals surface area contributed by atoms with Gasteiger partial charge in [-0.2, -0.15) is 0 Å². The average molecular weight is 228 g/mol. The zero-order chi connectivity index (χ0) is 12.7. The quantitative estimate of drug-likeness (QED) is 0.670. The fourth-order valence-electron chi connectivity index (χ4n) is 1.57. The Hall–Kier alpha value is -0.0800. The normalized spacial score (nSPS) is 17.8. The highest BCUT2D eigenvalue weighted by Crippen LogP contribution is 2.15. The molecule has 0 fully saturated rings. The molecule has 16 heavy (non-hydrogen) atoms. The Morgan fingerprint density at radius 2 is 1.31 bits per heavy atom. The summed E-state index contributed by atoms with van der Waals surface area (Å²) < 4.78 is 0. The first-order chi connectivity index (χ1) is 7.34. The van der Waals surface area contributed by atoms with Crippen LogP contribution in [0.5, 0.6) is 0 Å². The van der Waals surface area contributed by atoms with E-state index in [2.05, 4.69) is 46.9 Å². The Kier molecular flexibility index (Phi) is 8.04. The second kappa shape index (κ2) is 8.08. The molecule has 0 aromatic heterocycles. The van der Waals surface area contributed by atoms with Crippen LogP contribution in [0.3, 0.4) is 0 Å². The van der Waals surface area contributed by atoms with Gasteiger partial charge in [-0.3, -0.25) is 0 Å². The van der Waals surface area contributed by atoms with E-state index in [9.17, 15) is 0 Å². The summed E-state index contributed by atoms with van der Waals surface area (Å²) in [5, 5.41) is 3.49. The SMILES string of the molecule is CC(C)C(C)CNCC(N)CC(C)C(C)C. The third kappa shape index (κ3) is 7.24. The molecule has 0 aliphatic carbocycles. The van der Waals surface area contributed by atoms with Gasteiger partial charge in [-0.05, 0) is 36.6 Å². The maximum atomic E-state index is 6.11. The van der Waals surface area contributed by atoms with Crippen LogP contribution in [0, 0.1) is 23.7 Å². The van der Waals surface area contributed by atoms with Gasteiger partial charge in [-0.15, -0.1) is 0 Å². The largest absolute Gasteiger partial charge is 0.327 e. The number of hydrogen-bond acceptors (Lipinski definition) is 2. The summed E-state index contributed by atoms with van der Waals surface area (Å²) in [6, 6.07) is 0.303. The van der Waals surface area contributed by atoms with Crippen LogP contribution in [0.4, 0.5) is 0 Å². The summed E-state index contributed by atoms with van der Waals surface area (Å²) in [5.74, 6) is 2.94. The summed E-state index contributed by atoms with van der Waals surface area (Å²) >= 11 is 0. The van der Waals surface area contributed by atoms with Crippen molar-refractivity contribution in [2.75, 3.05) is 13.1 Å². The predicted molar refractivity (Wildman–Crippen MR) is 73.5 cm³/mol. The molecular weight excluding hydrogens is 196 g/mol. The Bertz CT molecular complexity index is 166. The van der Waals surface area contributed by atoms with Crippen LogP contribution in [0.15, 0.2) is 0 Å². The molecule has 3 N–H and O–H groups in total. The summed E-state index contributed by atoms with van der Waals surface area (Å²) in [4.78, 5) is 0. The molecule has 0 spiro atoms. The molecular formula is C14H32N2. The molecule has 0 saturated heterocycles. The Labute approximate surface area is 102 Å². The highest BCUT2D eigenvalue weighted by atomic mass is 14.9. The van der Waals surface area contributed by atoms with E-state index in [1.807, 2.05) is 0 Å². The minimum Gasteiger partial charge on any atom is -0.327 e. The van der Waals surface area contributed by atoms with E-state index in [1.54, 1.807) is 0 Å². The van der Waals surface area contributed by atoms with Crippen molar-refractivity contribution in [3.63, 3.8) is 0 Å². The van der Waals surface area contributed by atoms with Gasteiger partial charge in [0.2, 0.25) is 0 Å². The average Bonchev–Trinajstić information content (AvgIpc) is 2.16. The first-order valence-electron chi connectivity index (χ1n) is 6.80. The van der Waals surface area contributed by atoms with E-state index in [0.717, 1.165) is 43.2 Å². The van der Waals surface area contributed by atoms with Crippen LogP contribution in [0.2, 0.25) is 0 Å². The van der Waals surface area contributed by atoms with Crippen LogP contribution < -0.4 is 11.1 Å². The second-order valence-electron chi connectivity index (χ2n) is 6.10. The lowest BCUT2D eigenvalue weighted by molar-refractivity contribution is 0.340. The van der Waals surface area contributed by atoms with Crippen LogP contribution in [0.25, 0.3) is 0 Å². The fourth-order valence-corrected chi connectivity index (χ4v) is 1.57. The maximum Gasteiger partial charge on any atom is 0.0167 e. The zero-order valence-electron chi connectivity index (χ0n) is 12.1. The molecule has 0 aliphatic heterocycles. The predicted octanol–water partition coefficient (Wildman–Crippen LogP) is 2.88. The molecule has 2 heteroatoms. The lowest BCUT2D eigenvalue weighted by atomic mass is 9.91. The molecule has 3 unspecified atom stereocenters. The summed E-state index contributed by atoms with van der Waals surface area (Å²) in [5.41, 5.74) is 6.11. The van der Waals surface area contributed by atoms with Gasteiger partial charge in [0.1, 0.15) is 0 Å². The van der Waals surface area contributed by atoms with Crippen LogP contribution >= 0.6 is 0 Å². The smallest absolute Gasteiger partial charge is 0.0167 e. The van der Waals surface area contributed by atoms with Gasteiger partial charge in [0.15, 0.2) is 0 Å². The fraction of sp³-hybridized carbons (Fsp3) is 1.00. The second-order valence-corrected chi connectivity index (χ2v) is 6.10. The summed E-state index contributed by atoms with van der Waals surface area (Å²) in [7, 11) is 0. The first-order valence-corrected chi connectivity index (χ1v) is 6.80. The Morgan fingerprint density at radius 1 is 0.812 bits per heavy atom. The van der Waals surface area contributed by atoms with E-state index in [4.69, 9.17) is 5.73 Å². The number of nitrogens with two attached hydrogens (primary N) is 1. The van der Waals surface area contributed by atoms with Crippen LogP contribution in [-0.2, 0) is 0 Å². The van der Waals surface area contributed by atoms with E-state index >= 15 is 0 Å². The molecule has 2 nitrogen and oxygen atoms in total. The molecule has 0 saturated carbocycles. The molecule has 0 heterocycles. The molecule has 98 valence electrons. The molecule has 0 rings (SSSR count). The number of hydrogen-bond donors (Lipinski definition) is 2. The van der Waals surface area contributed by atoms with Crippen molar-refractivity contribution in [1.29, 1.82) is 0 Å². The first kappa shape index (κ1) is 15.9. The van der Waals surface area contributed by atoms with Gasteiger partial charge in [0.25, 0.3) is 0 Å². The van der Waals surface area contributed by atoms with Crippen molar-refractivity contribution < 1.29 is 0 Å². The van der Waals surface area contributed by atoms with Crippen molar-refractivity contribution in [2.24, 2.45) is 29.4 Å². The molecule has 0 radical (unpaired) electrons. The van der Waals surface area contributed by atoms with Gasteiger partial charge in [0.05, 0.1) is 0 Å². The van der Waals surface area contributed by atoms with Gasteiger partial charge < -0.3 is 11.1 Å². The summed E-state index contributed by atoms with van der Waals surface area (Å²) in [6.07, 6.45) is 1.13. The molecule has 3 atom stereocenters. The highest BCUT2D eigenvalue weighted by Gasteiger charge is 2.13. The standard InChI is InChI=1S/C14H32N2/c1-10(2)12(5)7-14(15)9-16-8-13(6)11(3)4/h10-14,16H,7-9,15H2,1-6H3. The number of rotatable bonds is 8. The van der Waals surface area contributed by atoms with E-state index in [0.29, 0.717) is 6.04 Å². The lowest BCUT2D eigenvalue weighted by Gasteiger charge is -2.22. The topological polar surface area (TPSA) is 38.0 Å². The molecule has 0 aromatic carbocycles. The van der Waals surface area contributed by atoms with Crippen LogP contribution in [0.1, 0.15) is 48.0 Å². The minimum absolute atomic E-state index is 0.303. The minimum atomic E-state index is 0.303. The highest BCUT2D eigenvalue weighted by molar-refractivity contribution is 4.71. The molecule has 0 aliphatic rings. The summed E-state index contributed by atoms with van der Waals surface area (Å²) in [6.45, 7) is 15.7. The monoisotopic (exact) mass is 228 g/mol.